The van der Waals surface area contributed by atoms with E-state index in [1.807, 2.05) is 0 Å². The summed E-state index contributed by atoms with van der Waals surface area (Å²) in [5, 5.41) is 2.35. The Hall–Kier alpha value is -1.91. The average molecular weight is 211 g/mol. The van der Waals surface area contributed by atoms with Gasteiger partial charge in [0.25, 0.3) is 0 Å². The van der Waals surface area contributed by atoms with Crippen LogP contribution in [0, 0.1) is 0 Å². The zero-order chi connectivity index (χ0) is 11.3. The van der Waals surface area contributed by atoms with Gasteiger partial charge in [-0.15, -0.1) is 0 Å². The summed E-state index contributed by atoms with van der Waals surface area (Å²) in [6, 6.07) is 4.86. The molecule has 1 aromatic carbocycles. The van der Waals surface area contributed by atoms with E-state index in [9.17, 15) is 4.79 Å². The zero-order valence-corrected chi connectivity index (χ0v) is 8.87. The van der Waals surface area contributed by atoms with Gasteiger partial charge in [0.1, 0.15) is 5.75 Å². The van der Waals surface area contributed by atoms with Crippen molar-refractivity contribution in [1.82, 2.24) is 5.32 Å². The van der Waals surface area contributed by atoms with Crippen LogP contribution in [-0.2, 0) is 0 Å². The van der Waals surface area contributed by atoms with Gasteiger partial charge in [0.2, 0.25) is 0 Å². The monoisotopic (exact) mass is 211 g/mol. The summed E-state index contributed by atoms with van der Waals surface area (Å²) >= 11 is 0. The second kappa shape index (κ2) is 5.09. The number of amides is 1. The number of hydrogen-bond acceptors (Lipinski definition) is 4. The first-order valence-electron chi connectivity index (χ1n) is 4.33. The molecule has 0 aliphatic heterocycles. The molecule has 5 nitrogen and oxygen atoms in total. The van der Waals surface area contributed by atoms with Gasteiger partial charge in [-0.2, -0.15) is 0 Å². The predicted octanol–water partition coefficient (Wildman–Crippen LogP) is 1.42. The van der Waals surface area contributed by atoms with E-state index in [-0.39, 0.29) is 0 Å². The number of rotatable bonds is 3. The van der Waals surface area contributed by atoms with E-state index < -0.39 is 6.09 Å². The van der Waals surface area contributed by atoms with Crippen LogP contribution in [0.2, 0.25) is 0 Å². The molecule has 0 unspecified atom stereocenters. The first-order chi connectivity index (χ1) is 7.21. The molecule has 0 radical (unpaired) electrons. The molecule has 1 aromatic rings. The van der Waals surface area contributed by atoms with Crippen molar-refractivity contribution in [2.45, 2.75) is 0 Å². The summed E-state index contributed by atoms with van der Waals surface area (Å²) < 4.78 is 15.0. The highest BCUT2D eigenvalue weighted by molar-refractivity contribution is 5.70. The van der Waals surface area contributed by atoms with E-state index >= 15 is 0 Å². The van der Waals surface area contributed by atoms with Crippen molar-refractivity contribution in [3.8, 4) is 17.2 Å². The lowest BCUT2D eigenvalue weighted by Gasteiger charge is -2.09. The Morgan fingerprint density at radius 3 is 2.40 bits per heavy atom. The van der Waals surface area contributed by atoms with Gasteiger partial charge in [0, 0.05) is 13.1 Å². The molecule has 0 aliphatic carbocycles. The average Bonchev–Trinajstić information content (AvgIpc) is 2.28. The summed E-state index contributed by atoms with van der Waals surface area (Å²) in [4.78, 5) is 10.9. The normalized spacial score (nSPS) is 9.27. The molecule has 0 saturated carbocycles. The van der Waals surface area contributed by atoms with Gasteiger partial charge in [-0.05, 0) is 12.1 Å². The number of carbonyl (C=O) groups is 1. The maximum absolute atomic E-state index is 10.9. The van der Waals surface area contributed by atoms with Crippen LogP contribution in [0.1, 0.15) is 0 Å². The molecular weight excluding hydrogens is 198 g/mol. The highest BCUT2D eigenvalue weighted by atomic mass is 16.6. The number of hydrogen-bond donors (Lipinski definition) is 1. The fourth-order valence-electron chi connectivity index (χ4n) is 1.04. The Bertz CT molecular complexity index is 351. The molecule has 0 atom stereocenters. The maximum atomic E-state index is 10.9. The minimum absolute atomic E-state index is 0.395. The molecule has 0 aliphatic rings. The minimum atomic E-state index is -0.526. The van der Waals surface area contributed by atoms with Crippen LogP contribution < -0.4 is 19.5 Å². The molecule has 15 heavy (non-hydrogen) atoms. The highest BCUT2D eigenvalue weighted by Gasteiger charge is 2.07. The van der Waals surface area contributed by atoms with Gasteiger partial charge in [-0.3, -0.25) is 0 Å². The largest absolute Gasteiger partial charge is 0.493 e. The molecule has 0 fully saturated rings. The fraction of sp³-hybridized carbons (Fsp3) is 0.300. The Balaban J connectivity index is 2.88. The summed E-state index contributed by atoms with van der Waals surface area (Å²) in [5.74, 6) is 1.49. The quantitative estimate of drug-likeness (QED) is 0.821. The van der Waals surface area contributed by atoms with Gasteiger partial charge >= 0.3 is 6.09 Å². The number of nitrogens with one attached hydrogen (secondary N) is 1. The number of ether oxygens (including phenoxy) is 3. The highest BCUT2D eigenvalue weighted by Crippen LogP contribution is 2.30. The second-order valence-electron chi connectivity index (χ2n) is 2.66. The Labute approximate surface area is 87.9 Å². The zero-order valence-electron chi connectivity index (χ0n) is 8.87. The topological polar surface area (TPSA) is 56.8 Å². The van der Waals surface area contributed by atoms with Crippen molar-refractivity contribution < 1.29 is 19.0 Å². The first-order valence-corrected chi connectivity index (χ1v) is 4.33. The van der Waals surface area contributed by atoms with Crippen molar-refractivity contribution in [2.75, 3.05) is 21.3 Å². The molecule has 1 rings (SSSR count). The lowest BCUT2D eigenvalue weighted by molar-refractivity contribution is 0.202. The summed E-state index contributed by atoms with van der Waals surface area (Å²) in [6.07, 6.45) is -0.526. The Morgan fingerprint density at radius 1 is 1.20 bits per heavy atom. The van der Waals surface area contributed by atoms with Gasteiger partial charge in [-0.1, -0.05) is 0 Å². The van der Waals surface area contributed by atoms with E-state index in [1.54, 1.807) is 18.2 Å². The lowest BCUT2D eigenvalue weighted by atomic mass is 10.3. The van der Waals surface area contributed by atoms with Crippen LogP contribution in [0.4, 0.5) is 4.79 Å². The fourth-order valence-corrected chi connectivity index (χ4v) is 1.04. The van der Waals surface area contributed by atoms with Crippen molar-refractivity contribution >= 4 is 6.09 Å². The first kappa shape index (κ1) is 11.2. The Kier molecular flexibility index (Phi) is 3.79. The lowest BCUT2D eigenvalue weighted by Crippen LogP contribution is -2.21. The molecular formula is C10H13NO4. The van der Waals surface area contributed by atoms with Crippen molar-refractivity contribution in [3.63, 3.8) is 0 Å². The van der Waals surface area contributed by atoms with Gasteiger partial charge in [-0.25, -0.2) is 4.79 Å². The third kappa shape index (κ3) is 2.77. The van der Waals surface area contributed by atoms with Crippen molar-refractivity contribution in [1.29, 1.82) is 0 Å². The van der Waals surface area contributed by atoms with Crippen molar-refractivity contribution in [2.24, 2.45) is 0 Å². The van der Waals surface area contributed by atoms with E-state index in [2.05, 4.69) is 5.32 Å². The minimum Gasteiger partial charge on any atom is -0.493 e. The maximum Gasteiger partial charge on any atom is 0.412 e. The molecule has 82 valence electrons. The number of methoxy groups -OCH3 is 2. The Morgan fingerprint density at radius 2 is 1.87 bits per heavy atom. The third-order valence-electron chi connectivity index (χ3n) is 1.77. The van der Waals surface area contributed by atoms with Crippen molar-refractivity contribution in [3.05, 3.63) is 18.2 Å². The summed E-state index contributed by atoms with van der Waals surface area (Å²) in [5.41, 5.74) is 0. The SMILES string of the molecule is CNC(=O)Oc1ccc(OC)c(OC)c1. The second-order valence-corrected chi connectivity index (χ2v) is 2.66. The summed E-state index contributed by atoms with van der Waals surface area (Å²) in [6.45, 7) is 0. The van der Waals surface area contributed by atoms with E-state index in [1.165, 1.54) is 21.3 Å². The molecule has 1 amide bonds. The van der Waals surface area contributed by atoms with E-state index in [0.29, 0.717) is 17.2 Å². The van der Waals surface area contributed by atoms with Crippen LogP contribution in [0.5, 0.6) is 17.2 Å². The van der Waals surface area contributed by atoms with E-state index in [0.717, 1.165) is 0 Å². The number of carbonyl (C=O) groups excluding carboxylic acids is 1. The smallest absolute Gasteiger partial charge is 0.412 e. The molecule has 1 N–H and O–H groups in total. The number of benzene rings is 1. The van der Waals surface area contributed by atoms with Crippen LogP contribution in [0.15, 0.2) is 18.2 Å². The van der Waals surface area contributed by atoms with Crippen LogP contribution in [-0.4, -0.2) is 27.4 Å². The third-order valence-corrected chi connectivity index (χ3v) is 1.77. The van der Waals surface area contributed by atoms with Crippen LogP contribution >= 0.6 is 0 Å². The predicted molar refractivity (Wildman–Crippen MR) is 54.6 cm³/mol. The molecule has 0 saturated heterocycles. The molecule has 0 aromatic heterocycles. The van der Waals surface area contributed by atoms with Crippen LogP contribution in [0.3, 0.4) is 0 Å². The van der Waals surface area contributed by atoms with E-state index in [4.69, 9.17) is 14.2 Å². The standard InChI is InChI=1S/C10H13NO4/c1-11-10(12)15-7-4-5-8(13-2)9(6-7)14-3/h4-6H,1-3H3,(H,11,12). The van der Waals surface area contributed by atoms with Crippen LogP contribution in [0.25, 0.3) is 0 Å². The molecule has 0 heterocycles. The molecule has 5 heteroatoms. The van der Waals surface area contributed by atoms with Gasteiger partial charge in [0.15, 0.2) is 11.5 Å². The summed E-state index contributed by atoms with van der Waals surface area (Å²) in [7, 11) is 4.54. The van der Waals surface area contributed by atoms with Gasteiger partial charge in [0.05, 0.1) is 14.2 Å². The molecule has 0 bridgehead atoms. The van der Waals surface area contributed by atoms with Gasteiger partial charge < -0.3 is 19.5 Å². The molecule has 0 spiro atoms.